The van der Waals surface area contributed by atoms with E-state index in [0.29, 0.717) is 16.8 Å². The normalized spacial score (nSPS) is 12.6. The Morgan fingerprint density at radius 1 is 0.208 bits per heavy atom. The van der Waals surface area contributed by atoms with E-state index in [1.165, 1.54) is 20.2 Å². The molecule has 0 aliphatic rings. The lowest BCUT2D eigenvalue weighted by Gasteiger charge is -2.28. The molecule has 0 unspecified atom stereocenters. The summed E-state index contributed by atoms with van der Waals surface area (Å²) in [5.74, 6) is 0. The molecular formula is C116H74N2OS. The van der Waals surface area contributed by atoms with Crippen molar-refractivity contribution in [2.24, 2.45) is 0 Å². The zero-order chi connectivity index (χ0) is 86.1. The van der Waals surface area contributed by atoms with Crippen molar-refractivity contribution in [2.75, 3.05) is 9.80 Å². The van der Waals surface area contributed by atoms with Gasteiger partial charge in [-0.3, -0.25) is 0 Å². The third-order valence-corrected chi connectivity index (χ3v) is 25.0. The molecule has 24 rings (SSSR count). The molecule has 2 heterocycles. The fourth-order valence-corrected chi connectivity index (χ4v) is 19.7. The number of para-hydroxylation sites is 1. The molecule has 0 saturated carbocycles. The maximum Gasteiger partial charge on any atom is 0.136 e. The smallest absolute Gasteiger partial charge is 0.136 e. The highest BCUT2D eigenvalue weighted by Gasteiger charge is 2.25. The number of thiophene rings is 1. The number of rotatable bonds is 12. The minimum absolute atomic E-state index is 0.100. The van der Waals surface area contributed by atoms with Crippen molar-refractivity contribution in [2.45, 2.75) is 0 Å². The van der Waals surface area contributed by atoms with E-state index >= 15 is 0 Å². The van der Waals surface area contributed by atoms with Crippen molar-refractivity contribution in [1.82, 2.24) is 0 Å². The van der Waals surface area contributed by atoms with Crippen LogP contribution in [0.15, 0.2) is 453 Å². The van der Waals surface area contributed by atoms with Crippen LogP contribution in [0, 0.1) is 0 Å². The highest BCUT2D eigenvalue weighted by Crippen LogP contribution is 2.52. The highest BCUT2D eigenvalue weighted by molar-refractivity contribution is 7.26. The predicted molar refractivity (Wildman–Crippen MR) is 515 cm³/mol. The lowest BCUT2D eigenvalue weighted by molar-refractivity contribution is 0.669. The topological polar surface area (TPSA) is 19.6 Å². The molecule has 0 atom stereocenters. The summed E-state index contributed by atoms with van der Waals surface area (Å²) in [6.45, 7) is 0. The monoisotopic (exact) mass is 1550 g/mol. The van der Waals surface area contributed by atoms with Gasteiger partial charge in [-0.15, -0.1) is 11.3 Å². The largest absolute Gasteiger partial charge is 0.456 e. The van der Waals surface area contributed by atoms with Gasteiger partial charge in [0, 0.05) is 64.5 Å². The minimum Gasteiger partial charge on any atom is -0.456 e. The van der Waals surface area contributed by atoms with Crippen molar-refractivity contribution >= 4 is 174 Å². The summed E-state index contributed by atoms with van der Waals surface area (Å²) in [6.07, 6.45) is 0. The van der Waals surface area contributed by atoms with E-state index < -0.39 is 0 Å². The van der Waals surface area contributed by atoms with Crippen LogP contribution >= 0.6 is 11.3 Å². The second-order valence-corrected chi connectivity index (χ2v) is 31.6. The fraction of sp³-hybridized carbons (Fsp3) is 0. The first-order chi connectivity index (χ1) is 62.9. The molecule has 0 bridgehead atoms. The van der Waals surface area contributed by atoms with E-state index in [1.54, 1.807) is 11.3 Å². The van der Waals surface area contributed by atoms with Crippen molar-refractivity contribution in [3.8, 4) is 66.8 Å². The number of anilines is 6. The number of benzene rings is 22. The van der Waals surface area contributed by atoms with Gasteiger partial charge >= 0.3 is 0 Å². The third kappa shape index (κ3) is 11.9. The van der Waals surface area contributed by atoms with Crippen molar-refractivity contribution < 1.29 is 15.4 Å². The summed E-state index contributed by atoms with van der Waals surface area (Å²) in [6, 6.07) is 135. The average molecular weight is 1550 g/mol. The first kappa shape index (κ1) is 61.9. The van der Waals surface area contributed by atoms with Crippen LogP contribution in [0.1, 0.15) is 11.0 Å². The number of fused-ring (bicyclic) bond motifs is 18. The first-order valence-electron chi connectivity index (χ1n) is 44.5. The first-order valence-corrected chi connectivity index (χ1v) is 41.4. The van der Waals surface area contributed by atoms with Gasteiger partial charge < -0.3 is 14.2 Å². The number of hydrogen-bond donors (Lipinski definition) is 0. The highest BCUT2D eigenvalue weighted by atomic mass is 32.1. The fourth-order valence-electron chi connectivity index (χ4n) is 18.5. The summed E-state index contributed by atoms with van der Waals surface area (Å²) in [7, 11) is 0. The summed E-state index contributed by atoms with van der Waals surface area (Å²) in [4.78, 5) is 3.87. The Morgan fingerprint density at radius 3 is 0.992 bits per heavy atom. The molecule has 24 aromatic rings. The van der Waals surface area contributed by atoms with E-state index in [9.17, 15) is 11.0 Å². The Balaban J connectivity index is 0.000000146. The maximum atomic E-state index is 10.1. The van der Waals surface area contributed by atoms with Gasteiger partial charge in [0.05, 0.1) is 22.3 Å². The Bertz CT molecular complexity index is 8630. The Kier molecular flexibility index (Phi) is 15.2. The molecule has 0 aliphatic carbocycles. The van der Waals surface area contributed by atoms with E-state index in [2.05, 4.69) is 212 Å². The third-order valence-electron chi connectivity index (χ3n) is 23.8. The molecule has 120 heavy (non-hydrogen) atoms. The molecule has 22 aromatic carbocycles. The lowest BCUT2D eigenvalue weighted by Crippen LogP contribution is -2.10. The van der Waals surface area contributed by atoms with Crippen molar-refractivity contribution in [3.05, 3.63) is 449 Å². The van der Waals surface area contributed by atoms with Crippen LogP contribution in [0.2, 0.25) is 0 Å². The van der Waals surface area contributed by atoms with E-state index in [4.69, 9.17) is 4.42 Å². The van der Waals surface area contributed by atoms with Crippen LogP contribution in [-0.4, -0.2) is 0 Å². The van der Waals surface area contributed by atoms with Crippen LogP contribution in [0.3, 0.4) is 0 Å². The number of hydrogen-bond acceptors (Lipinski definition) is 4. The summed E-state index contributed by atoms with van der Waals surface area (Å²) >= 11 is 1.80. The lowest BCUT2D eigenvalue weighted by atomic mass is 9.85. The summed E-state index contributed by atoms with van der Waals surface area (Å²) in [5, 5.41) is 20.5. The second kappa shape index (κ2) is 29.4. The molecule has 0 spiro atoms. The zero-order valence-corrected chi connectivity index (χ0v) is 65.6. The molecule has 0 N–H and O–H groups in total. The van der Waals surface area contributed by atoms with Crippen molar-refractivity contribution in [1.29, 1.82) is 0 Å². The average Bonchev–Trinajstić information content (AvgIpc) is 1.02. The van der Waals surface area contributed by atoms with Gasteiger partial charge in [0.1, 0.15) is 11.2 Å². The Hall–Kier alpha value is -15.5. The van der Waals surface area contributed by atoms with Gasteiger partial charge in [0.15, 0.2) is 0 Å². The van der Waals surface area contributed by atoms with Gasteiger partial charge in [-0.25, -0.2) is 0 Å². The quantitative estimate of drug-likeness (QED) is 0.114. The minimum atomic E-state index is -0.136. The zero-order valence-electron chi connectivity index (χ0n) is 72.8. The second-order valence-electron chi connectivity index (χ2n) is 30.5. The van der Waals surface area contributed by atoms with Gasteiger partial charge in [-0.1, -0.05) is 370 Å². The van der Waals surface area contributed by atoms with Crippen LogP contribution in [0.5, 0.6) is 0 Å². The molecule has 4 heteroatoms. The maximum absolute atomic E-state index is 10.1. The van der Waals surface area contributed by atoms with E-state index in [-0.39, 0.29) is 70.8 Å². The van der Waals surface area contributed by atoms with Gasteiger partial charge in [0.25, 0.3) is 0 Å². The molecule has 0 fully saturated rings. The van der Waals surface area contributed by atoms with Crippen LogP contribution < -0.4 is 9.80 Å². The molecule has 3 nitrogen and oxygen atoms in total. The van der Waals surface area contributed by atoms with Crippen LogP contribution in [0.4, 0.5) is 34.1 Å². The van der Waals surface area contributed by atoms with E-state index in [0.717, 1.165) is 170 Å². The van der Waals surface area contributed by atoms with Gasteiger partial charge in [0.2, 0.25) is 0 Å². The molecule has 0 saturated heterocycles. The van der Waals surface area contributed by atoms with Gasteiger partial charge in [-0.05, 0) is 221 Å². The molecule has 2 aromatic heterocycles. The number of nitrogens with zero attached hydrogens (tertiary/aromatic N) is 2. The molecule has 0 radical (unpaired) electrons. The molecular weight excluding hydrogens is 1470 g/mol. The molecule has 0 aliphatic heterocycles. The number of furan rings is 1. The van der Waals surface area contributed by atoms with E-state index in [1.807, 2.05) is 198 Å². The summed E-state index contributed by atoms with van der Waals surface area (Å²) in [5.41, 5.74) is 14.7. The Labute approximate surface area is 709 Å². The Morgan fingerprint density at radius 2 is 0.533 bits per heavy atom. The van der Waals surface area contributed by atoms with Gasteiger partial charge in [-0.2, -0.15) is 0 Å². The van der Waals surface area contributed by atoms with Crippen molar-refractivity contribution in [3.63, 3.8) is 0 Å². The summed E-state index contributed by atoms with van der Waals surface area (Å²) < 4.78 is 89.0. The molecule has 0 amide bonds. The molecule has 560 valence electrons. The van der Waals surface area contributed by atoms with Crippen LogP contribution in [-0.2, 0) is 0 Å². The SMILES string of the molecule is [2H]c1c([2H])c(N(c2ccc(-c3cccc4c3sc3ccccc34)cc2)c2cc3ccccc3c3ccccc23)c([2H])c([2H])c1-c1c(-c2ccccc2)c2ccccc2c2ccccc12.[2H]c1c([2H])c(N(c2ccc(-c3cccc4oc5ccccc5c34)cc2)c2cc3ccccc3c3ccccc23)c([2H])c([2H])c1-c1c(-c2ccccc2)c2ccccc2c2ccccc12. The predicted octanol–water partition coefficient (Wildman–Crippen LogP) is 33.8. The van der Waals surface area contributed by atoms with Crippen LogP contribution in [0.25, 0.3) is 195 Å². The standard InChI is InChI=1S/C58H37NO.C58H37NS/c1-2-15-39(16-3-1)56-50-23-10-7-20-47(50)48-21-8-11-24-51(48)57(56)40-31-35-43(36-32-40)59(53-37-41-17-4-5-18-44(41)46-19-6-9-22-49(46)53)42-33-29-38(30-34-42)45-26-14-28-55-58(45)52-25-12-13-27-54(52)60-55;1-2-15-39(16-3-1)56-51-24-10-7-20-47(51)48-21-8-11-25-52(48)57(56)40-31-35-43(36-32-40)59(54-37-41-17-4-5-18-44(41)46-19-6-9-22-49(46)54)42-33-29-38(30-34-42)45-26-14-27-53-50-23-12-13-28-55(50)60-58(45)53/h2*1-37H/i2*31D,32D,35D,36D.